The van der Waals surface area contributed by atoms with Crippen LogP contribution < -0.4 is 10.1 Å². The number of ether oxygens (including phenoxy) is 2. The van der Waals surface area contributed by atoms with Crippen molar-refractivity contribution < 1.29 is 24.2 Å². The summed E-state index contributed by atoms with van der Waals surface area (Å²) < 4.78 is 10.2. The first-order valence-corrected chi connectivity index (χ1v) is 5.94. The molecule has 1 aromatic carbocycles. The maximum atomic E-state index is 11.4. The Labute approximate surface area is 118 Å². The molecule has 0 aromatic heterocycles. The van der Waals surface area contributed by atoms with E-state index in [1.807, 2.05) is 0 Å². The zero-order valence-electron chi connectivity index (χ0n) is 10.1. The highest BCUT2D eigenvalue weighted by Gasteiger charge is 2.16. The van der Waals surface area contributed by atoms with E-state index in [2.05, 4.69) is 27.8 Å². The van der Waals surface area contributed by atoms with Gasteiger partial charge in [0, 0.05) is 0 Å². The van der Waals surface area contributed by atoms with Crippen LogP contribution in [-0.2, 0) is 4.74 Å². The molecule has 0 heterocycles. The molecule has 0 fully saturated rings. The lowest BCUT2D eigenvalue weighted by molar-refractivity contribution is 0.0697. The number of hydrogen-bond acceptors (Lipinski definition) is 4. The molecule has 2 N–H and O–H groups in total. The predicted octanol–water partition coefficient (Wildman–Crippen LogP) is 2.89. The fourth-order valence-electron chi connectivity index (χ4n) is 1.27. The summed E-state index contributed by atoms with van der Waals surface area (Å²) in [6.07, 6.45) is 0.640. The number of anilines is 1. The highest BCUT2D eigenvalue weighted by atomic mass is 79.9. The zero-order valence-corrected chi connectivity index (χ0v) is 11.7. The molecule has 0 spiro atoms. The second-order valence-electron chi connectivity index (χ2n) is 3.35. The van der Waals surface area contributed by atoms with E-state index < -0.39 is 12.1 Å². The van der Waals surface area contributed by atoms with E-state index in [1.54, 1.807) is 0 Å². The molecule has 0 aliphatic heterocycles. The van der Waals surface area contributed by atoms with Gasteiger partial charge in [0.25, 0.3) is 0 Å². The Bertz CT molecular complexity index is 515. The molecule has 0 unspecified atom stereocenters. The van der Waals surface area contributed by atoms with E-state index in [0.717, 1.165) is 0 Å². The van der Waals surface area contributed by atoms with Crippen molar-refractivity contribution in [3.8, 4) is 5.75 Å². The van der Waals surface area contributed by atoms with Crippen LogP contribution in [0, 0.1) is 0 Å². The third-order valence-electron chi connectivity index (χ3n) is 2.09. The van der Waals surface area contributed by atoms with Crippen LogP contribution in [0.15, 0.2) is 29.3 Å². The van der Waals surface area contributed by atoms with Crippen LogP contribution in [0.1, 0.15) is 10.4 Å². The normalized spacial score (nSPS) is 9.58. The lowest BCUT2D eigenvalue weighted by Crippen LogP contribution is -2.16. The molecule has 0 radical (unpaired) electrons. The summed E-state index contributed by atoms with van der Waals surface area (Å²) in [4.78, 5) is 22.5. The van der Waals surface area contributed by atoms with Gasteiger partial charge < -0.3 is 14.6 Å². The van der Waals surface area contributed by atoms with Crippen LogP contribution in [0.2, 0.25) is 0 Å². The Morgan fingerprint density at radius 2 is 2.21 bits per heavy atom. The van der Waals surface area contributed by atoms with Gasteiger partial charge in [0.1, 0.15) is 12.4 Å². The van der Waals surface area contributed by atoms with Crippen molar-refractivity contribution in [3.05, 3.63) is 34.8 Å². The van der Waals surface area contributed by atoms with Gasteiger partial charge in [0.05, 0.1) is 22.8 Å². The summed E-state index contributed by atoms with van der Waals surface area (Å²) in [6, 6.07) is 2.73. The molecule has 0 atom stereocenters. The number of rotatable bonds is 5. The topological polar surface area (TPSA) is 84.9 Å². The Morgan fingerprint density at radius 3 is 2.74 bits per heavy atom. The maximum absolute atomic E-state index is 11.4. The van der Waals surface area contributed by atoms with E-state index in [1.165, 1.54) is 25.3 Å². The number of carboxylic acid groups (broad SMARTS) is 1. The molecule has 1 aromatic rings. The van der Waals surface area contributed by atoms with Gasteiger partial charge in [-0.05, 0) is 28.1 Å². The van der Waals surface area contributed by atoms with Crippen molar-refractivity contribution in [1.29, 1.82) is 0 Å². The Morgan fingerprint density at radius 1 is 1.53 bits per heavy atom. The Kier molecular flexibility index (Phi) is 5.37. The van der Waals surface area contributed by atoms with Crippen LogP contribution in [-0.4, -0.2) is 30.9 Å². The van der Waals surface area contributed by atoms with Crippen molar-refractivity contribution in [1.82, 2.24) is 0 Å². The summed E-state index contributed by atoms with van der Waals surface area (Å²) in [5, 5.41) is 11.4. The average molecular weight is 330 g/mol. The van der Waals surface area contributed by atoms with E-state index in [4.69, 9.17) is 14.6 Å². The maximum Gasteiger partial charge on any atom is 0.411 e. The van der Waals surface area contributed by atoms with E-state index in [9.17, 15) is 9.59 Å². The molecule has 102 valence electrons. The number of hydrogen-bond donors (Lipinski definition) is 2. The molecule has 0 bridgehead atoms. The highest BCUT2D eigenvalue weighted by molar-refractivity contribution is 9.10. The lowest BCUT2D eigenvalue weighted by Gasteiger charge is -2.11. The number of carboxylic acids is 1. The van der Waals surface area contributed by atoms with Gasteiger partial charge in [-0.25, -0.2) is 9.59 Å². The first-order chi connectivity index (χ1) is 8.99. The molecule has 19 heavy (non-hydrogen) atoms. The summed E-state index contributed by atoms with van der Waals surface area (Å²) in [5.74, 6) is -0.841. The number of amides is 1. The monoisotopic (exact) mass is 329 g/mol. The minimum atomic E-state index is -1.19. The minimum absolute atomic E-state index is 0.0333. The van der Waals surface area contributed by atoms with Crippen molar-refractivity contribution in [2.75, 3.05) is 19.0 Å². The molecule has 7 heteroatoms. The quantitative estimate of drug-likeness (QED) is 0.811. The molecule has 6 nitrogen and oxygen atoms in total. The van der Waals surface area contributed by atoms with Gasteiger partial charge in [-0.2, -0.15) is 0 Å². The summed E-state index contributed by atoms with van der Waals surface area (Å²) >= 11 is 3.21. The van der Waals surface area contributed by atoms with E-state index >= 15 is 0 Å². The van der Waals surface area contributed by atoms with E-state index in [-0.39, 0.29) is 17.9 Å². The van der Waals surface area contributed by atoms with Crippen molar-refractivity contribution in [3.63, 3.8) is 0 Å². The average Bonchev–Trinajstić information content (AvgIpc) is 2.36. The van der Waals surface area contributed by atoms with Gasteiger partial charge >= 0.3 is 12.1 Å². The molecular weight excluding hydrogens is 318 g/mol. The first-order valence-electron chi connectivity index (χ1n) is 5.15. The van der Waals surface area contributed by atoms with Crippen molar-refractivity contribution in [2.45, 2.75) is 0 Å². The third kappa shape index (κ3) is 3.99. The number of methoxy groups -OCH3 is 1. The largest absolute Gasteiger partial charge is 0.496 e. The first kappa shape index (κ1) is 15.0. The van der Waals surface area contributed by atoms with Gasteiger partial charge in [0.15, 0.2) is 0 Å². The van der Waals surface area contributed by atoms with Gasteiger partial charge in [0.2, 0.25) is 0 Å². The van der Waals surface area contributed by atoms with Gasteiger partial charge in [-0.3, -0.25) is 5.32 Å². The molecule has 0 saturated carbocycles. The van der Waals surface area contributed by atoms with Crippen LogP contribution in [0.25, 0.3) is 0 Å². The second kappa shape index (κ2) is 6.79. The molecule has 0 saturated heterocycles. The number of nitrogens with one attached hydrogen (secondary N) is 1. The van der Waals surface area contributed by atoms with Crippen molar-refractivity contribution >= 4 is 33.7 Å². The molecule has 1 rings (SSSR count). The number of carbonyl (C=O) groups is 2. The molecule has 0 aliphatic carbocycles. The molecular formula is C12H12BrNO5. The Hall–Kier alpha value is -2.02. The standard InChI is InChI=1S/C12H12BrNO5/c1-3-4-19-12(17)14-9-6-8(13)10(18-2)5-7(9)11(15)16/h3,5-6H,1,4H2,2H3,(H,14,17)(H,15,16). The van der Waals surface area contributed by atoms with Gasteiger partial charge in [-0.1, -0.05) is 12.7 Å². The summed E-state index contributed by atoms with van der Waals surface area (Å²) in [5.41, 5.74) is 0.00448. The zero-order chi connectivity index (χ0) is 14.4. The van der Waals surface area contributed by atoms with Crippen LogP contribution in [0.4, 0.5) is 10.5 Å². The predicted molar refractivity (Wildman–Crippen MR) is 72.8 cm³/mol. The summed E-state index contributed by atoms with van der Waals surface area (Å²) in [7, 11) is 1.41. The molecule has 0 aliphatic rings. The Balaban J connectivity index is 3.05. The fraction of sp³-hybridized carbons (Fsp3) is 0.167. The fourth-order valence-corrected chi connectivity index (χ4v) is 1.78. The third-order valence-corrected chi connectivity index (χ3v) is 2.71. The number of benzene rings is 1. The van der Waals surface area contributed by atoms with Crippen LogP contribution in [0.3, 0.4) is 0 Å². The minimum Gasteiger partial charge on any atom is -0.496 e. The van der Waals surface area contributed by atoms with Crippen molar-refractivity contribution in [2.24, 2.45) is 0 Å². The number of carbonyl (C=O) groups excluding carboxylic acids is 1. The number of aromatic carboxylic acids is 1. The highest BCUT2D eigenvalue weighted by Crippen LogP contribution is 2.31. The van der Waals surface area contributed by atoms with Crippen LogP contribution in [0.5, 0.6) is 5.75 Å². The van der Waals surface area contributed by atoms with Crippen LogP contribution >= 0.6 is 15.9 Å². The van der Waals surface area contributed by atoms with E-state index in [0.29, 0.717) is 10.2 Å². The SMILES string of the molecule is C=CCOC(=O)Nc1cc(Br)c(OC)cc1C(=O)O. The summed E-state index contributed by atoms with van der Waals surface area (Å²) in [6.45, 7) is 3.43. The second-order valence-corrected chi connectivity index (χ2v) is 4.20. The lowest BCUT2D eigenvalue weighted by atomic mass is 10.1. The number of halogens is 1. The smallest absolute Gasteiger partial charge is 0.411 e. The van der Waals surface area contributed by atoms with Gasteiger partial charge in [-0.15, -0.1) is 0 Å². The molecule has 1 amide bonds.